The molecule has 4 nitrogen and oxygen atoms in total. The average Bonchev–Trinajstić information content (AvgIpc) is 3.08. The van der Waals surface area contributed by atoms with Crippen LogP contribution >= 0.6 is 0 Å². The van der Waals surface area contributed by atoms with Crippen LogP contribution in [0.4, 0.5) is 18.9 Å². The number of benzene rings is 2. The molecule has 26 heavy (non-hydrogen) atoms. The summed E-state index contributed by atoms with van der Waals surface area (Å²) in [5.41, 5.74) is 0.772. The van der Waals surface area contributed by atoms with Gasteiger partial charge in [-0.05, 0) is 36.2 Å². The molecule has 1 fully saturated rings. The monoisotopic (exact) mass is 364 g/mol. The minimum absolute atomic E-state index is 0.0791. The Balaban J connectivity index is 1.60. The standard InChI is InChI=1S/C19H19F3N2O2/c20-19(21,22)16-3-1-2-4-17(16)24-10-9-15(12-24)23-11-13-5-7-14(8-6-13)18(25)26/h1-8,15,23H,9-12H2,(H,25,26). The van der Waals surface area contributed by atoms with Crippen molar-refractivity contribution in [1.29, 1.82) is 0 Å². The normalized spacial score (nSPS) is 17.5. The summed E-state index contributed by atoms with van der Waals surface area (Å²) in [7, 11) is 0. The summed E-state index contributed by atoms with van der Waals surface area (Å²) >= 11 is 0. The van der Waals surface area contributed by atoms with E-state index in [2.05, 4.69) is 5.32 Å². The molecule has 0 amide bonds. The minimum atomic E-state index is -4.37. The molecule has 7 heteroatoms. The third kappa shape index (κ3) is 4.16. The Morgan fingerprint density at radius 2 is 1.85 bits per heavy atom. The van der Waals surface area contributed by atoms with E-state index in [4.69, 9.17) is 5.11 Å². The number of anilines is 1. The predicted molar refractivity (Wildman–Crippen MR) is 92.3 cm³/mol. The van der Waals surface area contributed by atoms with Gasteiger partial charge in [-0.2, -0.15) is 13.2 Å². The summed E-state index contributed by atoms with van der Waals surface area (Å²) in [4.78, 5) is 12.6. The molecule has 1 unspecified atom stereocenters. The quantitative estimate of drug-likeness (QED) is 0.848. The smallest absolute Gasteiger partial charge is 0.418 e. The Hall–Kier alpha value is -2.54. The van der Waals surface area contributed by atoms with E-state index in [0.717, 1.165) is 18.1 Å². The van der Waals surface area contributed by atoms with Crippen molar-refractivity contribution in [3.05, 3.63) is 65.2 Å². The largest absolute Gasteiger partial charge is 0.478 e. The van der Waals surface area contributed by atoms with Crippen LogP contribution in [0.25, 0.3) is 0 Å². The summed E-state index contributed by atoms with van der Waals surface area (Å²) in [5, 5.41) is 12.2. The lowest BCUT2D eigenvalue weighted by molar-refractivity contribution is -0.137. The molecular weight excluding hydrogens is 345 g/mol. The number of carboxylic acids is 1. The van der Waals surface area contributed by atoms with Gasteiger partial charge in [-0.1, -0.05) is 24.3 Å². The van der Waals surface area contributed by atoms with Gasteiger partial charge >= 0.3 is 12.1 Å². The first kappa shape index (κ1) is 18.3. The Labute approximate surface area is 149 Å². The van der Waals surface area contributed by atoms with Gasteiger partial charge in [0.2, 0.25) is 0 Å². The van der Waals surface area contributed by atoms with E-state index < -0.39 is 17.7 Å². The Kier molecular flexibility index (Phi) is 5.18. The second-order valence-electron chi connectivity index (χ2n) is 6.33. The van der Waals surface area contributed by atoms with Crippen LogP contribution in [-0.2, 0) is 12.7 Å². The summed E-state index contributed by atoms with van der Waals surface area (Å²) in [6.45, 7) is 1.60. The molecular formula is C19H19F3N2O2. The summed E-state index contributed by atoms with van der Waals surface area (Å²) in [5.74, 6) is -0.973. The fourth-order valence-electron chi connectivity index (χ4n) is 3.16. The molecule has 0 saturated carbocycles. The molecule has 1 aliphatic rings. The molecule has 1 saturated heterocycles. The second kappa shape index (κ2) is 7.37. The van der Waals surface area contributed by atoms with Crippen LogP contribution < -0.4 is 10.2 Å². The highest BCUT2D eigenvalue weighted by molar-refractivity contribution is 5.87. The van der Waals surface area contributed by atoms with Gasteiger partial charge in [-0.3, -0.25) is 0 Å². The number of halogens is 3. The highest BCUT2D eigenvalue weighted by Crippen LogP contribution is 2.37. The van der Waals surface area contributed by atoms with Crippen LogP contribution in [0, 0.1) is 0 Å². The van der Waals surface area contributed by atoms with Crippen LogP contribution in [0.3, 0.4) is 0 Å². The summed E-state index contributed by atoms with van der Waals surface area (Å²) in [6, 6.07) is 12.3. The second-order valence-corrected chi connectivity index (χ2v) is 6.33. The molecule has 1 heterocycles. The van der Waals surface area contributed by atoms with E-state index in [-0.39, 0.29) is 17.3 Å². The number of alkyl halides is 3. The molecule has 1 aliphatic heterocycles. The summed E-state index contributed by atoms with van der Waals surface area (Å²) in [6.07, 6.45) is -3.62. The maximum atomic E-state index is 13.2. The molecule has 3 rings (SSSR count). The molecule has 2 aromatic carbocycles. The zero-order chi connectivity index (χ0) is 18.7. The van der Waals surface area contributed by atoms with Crippen molar-refractivity contribution in [3.63, 3.8) is 0 Å². The number of para-hydroxylation sites is 1. The van der Waals surface area contributed by atoms with E-state index in [1.54, 1.807) is 35.2 Å². The molecule has 0 spiro atoms. The molecule has 0 aromatic heterocycles. The van der Waals surface area contributed by atoms with E-state index in [1.165, 1.54) is 12.1 Å². The minimum Gasteiger partial charge on any atom is -0.478 e. The molecule has 1 atom stereocenters. The highest BCUT2D eigenvalue weighted by Gasteiger charge is 2.36. The van der Waals surface area contributed by atoms with Crippen molar-refractivity contribution in [1.82, 2.24) is 5.32 Å². The van der Waals surface area contributed by atoms with Gasteiger partial charge in [-0.15, -0.1) is 0 Å². The number of nitrogens with one attached hydrogen (secondary N) is 1. The van der Waals surface area contributed by atoms with Crippen LogP contribution in [-0.4, -0.2) is 30.2 Å². The third-order valence-electron chi connectivity index (χ3n) is 4.53. The first-order chi connectivity index (χ1) is 12.3. The fraction of sp³-hybridized carbons (Fsp3) is 0.316. The van der Waals surface area contributed by atoms with Crippen molar-refractivity contribution in [3.8, 4) is 0 Å². The van der Waals surface area contributed by atoms with Crippen LogP contribution in [0.5, 0.6) is 0 Å². The number of hydrogen-bond acceptors (Lipinski definition) is 3. The van der Waals surface area contributed by atoms with Gasteiger partial charge in [-0.25, -0.2) is 4.79 Å². The first-order valence-corrected chi connectivity index (χ1v) is 8.31. The molecule has 0 bridgehead atoms. The lowest BCUT2D eigenvalue weighted by Gasteiger charge is -2.23. The maximum absolute atomic E-state index is 13.2. The summed E-state index contributed by atoms with van der Waals surface area (Å²) < 4.78 is 39.5. The van der Waals surface area contributed by atoms with Crippen molar-refractivity contribution >= 4 is 11.7 Å². The van der Waals surface area contributed by atoms with Gasteiger partial charge in [0.15, 0.2) is 0 Å². The van der Waals surface area contributed by atoms with E-state index >= 15 is 0 Å². The number of hydrogen-bond donors (Lipinski definition) is 2. The zero-order valence-electron chi connectivity index (χ0n) is 14.0. The third-order valence-corrected chi connectivity index (χ3v) is 4.53. The lowest BCUT2D eigenvalue weighted by atomic mass is 10.1. The van der Waals surface area contributed by atoms with Crippen molar-refractivity contribution in [2.75, 3.05) is 18.0 Å². The van der Waals surface area contributed by atoms with Crippen molar-refractivity contribution in [2.45, 2.75) is 25.2 Å². The van der Waals surface area contributed by atoms with E-state index in [1.807, 2.05) is 0 Å². The van der Waals surface area contributed by atoms with E-state index in [9.17, 15) is 18.0 Å². The highest BCUT2D eigenvalue weighted by atomic mass is 19.4. The maximum Gasteiger partial charge on any atom is 0.418 e. The Morgan fingerprint density at radius 1 is 1.15 bits per heavy atom. The SMILES string of the molecule is O=C(O)c1ccc(CNC2CCN(c3ccccc3C(F)(F)F)C2)cc1. The average molecular weight is 364 g/mol. The number of aromatic carboxylic acids is 1. The van der Waals surface area contributed by atoms with Gasteiger partial charge in [0.1, 0.15) is 0 Å². The molecule has 0 radical (unpaired) electrons. The van der Waals surface area contributed by atoms with Crippen molar-refractivity contribution in [2.24, 2.45) is 0 Å². The lowest BCUT2D eigenvalue weighted by Crippen LogP contribution is -2.32. The Morgan fingerprint density at radius 3 is 2.50 bits per heavy atom. The topological polar surface area (TPSA) is 52.6 Å². The van der Waals surface area contributed by atoms with Gasteiger partial charge in [0.05, 0.1) is 11.1 Å². The molecule has 2 aromatic rings. The molecule has 138 valence electrons. The number of rotatable bonds is 5. The van der Waals surface area contributed by atoms with Gasteiger partial charge in [0, 0.05) is 31.4 Å². The number of carbonyl (C=O) groups is 1. The van der Waals surface area contributed by atoms with Crippen LogP contribution in [0.15, 0.2) is 48.5 Å². The van der Waals surface area contributed by atoms with Crippen molar-refractivity contribution < 1.29 is 23.1 Å². The fourth-order valence-corrected chi connectivity index (χ4v) is 3.16. The first-order valence-electron chi connectivity index (χ1n) is 8.31. The van der Waals surface area contributed by atoms with Crippen LogP contribution in [0.2, 0.25) is 0 Å². The number of carboxylic acid groups (broad SMARTS) is 1. The number of nitrogens with zero attached hydrogens (tertiary/aromatic N) is 1. The van der Waals surface area contributed by atoms with Gasteiger partial charge < -0.3 is 15.3 Å². The van der Waals surface area contributed by atoms with E-state index in [0.29, 0.717) is 19.6 Å². The predicted octanol–water partition coefficient (Wildman–Crippen LogP) is 3.77. The Bertz CT molecular complexity index is 775. The molecule has 2 N–H and O–H groups in total. The van der Waals surface area contributed by atoms with Gasteiger partial charge in [0.25, 0.3) is 0 Å². The zero-order valence-corrected chi connectivity index (χ0v) is 14.0. The van der Waals surface area contributed by atoms with Crippen LogP contribution in [0.1, 0.15) is 27.9 Å². The molecule has 0 aliphatic carbocycles.